The Morgan fingerprint density at radius 2 is 1.97 bits per heavy atom. The number of esters is 2. The molecule has 1 unspecified atom stereocenters. The van der Waals surface area contributed by atoms with Crippen LogP contribution in [0.4, 0.5) is 0 Å². The van der Waals surface area contributed by atoms with E-state index in [1.54, 1.807) is 6.92 Å². The summed E-state index contributed by atoms with van der Waals surface area (Å²) in [6.45, 7) is 1.38. The van der Waals surface area contributed by atoms with Gasteiger partial charge < -0.3 is 25.8 Å². The number of carbonyl (C=O) groups is 6. The molecule has 31 heavy (non-hydrogen) atoms. The summed E-state index contributed by atoms with van der Waals surface area (Å²) in [7, 11) is 2.55. The maximum Gasteiger partial charge on any atom is 0.325 e. The fourth-order valence-corrected chi connectivity index (χ4v) is 3.78. The summed E-state index contributed by atoms with van der Waals surface area (Å²) in [6.07, 6.45) is -0.144. The lowest BCUT2D eigenvalue weighted by atomic mass is 10.1. The van der Waals surface area contributed by atoms with Gasteiger partial charge in [-0.3, -0.25) is 33.7 Å². The van der Waals surface area contributed by atoms with E-state index in [0.717, 1.165) is 16.7 Å². The molecule has 0 aromatic heterocycles. The van der Waals surface area contributed by atoms with E-state index in [1.165, 1.54) is 14.2 Å². The number of imide groups is 1. The molecule has 1 heterocycles. The quantitative estimate of drug-likeness (QED) is 0.217. The van der Waals surface area contributed by atoms with Gasteiger partial charge in [0.05, 0.1) is 19.0 Å². The Kier molecular flexibility index (Phi) is 11.0. The average molecular weight is 461 g/mol. The Labute approximate surface area is 183 Å². The zero-order chi connectivity index (χ0) is 23.6. The van der Waals surface area contributed by atoms with E-state index in [4.69, 9.17) is 10.5 Å². The van der Waals surface area contributed by atoms with Crippen LogP contribution in [0.2, 0.25) is 0 Å². The van der Waals surface area contributed by atoms with Crippen molar-refractivity contribution in [1.82, 2.24) is 15.5 Å². The smallest absolute Gasteiger partial charge is 0.325 e. The van der Waals surface area contributed by atoms with E-state index >= 15 is 0 Å². The number of hydrogen-bond donors (Lipinski definition) is 3. The number of nitrogens with two attached hydrogens (primary N) is 1. The van der Waals surface area contributed by atoms with Gasteiger partial charge >= 0.3 is 11.9 Å². The summed E-state index contributed by atoms with van der Waals surface area (Å²) in [5.74, 6) is -3.24. The highest BCUT2D eigenvalue weighted by molar-refractivity contribution is 8.00. The molecule has 0 spiro atoms. The molecule has 4 amide bonds. The van der Waals surface area contributed by atoms with Crippen LogP contribution in [0.5, 0.6) is 0 Å². The van der Waals surface area contributed by atoms with Crippen molar-refractivity contribution in [2.45, 2.75) is 43.5 Å². The molecule has 1 rings (SSSR count). The predicted octanol–water partition coefficient (Wildman–Crippen LogP) is -2.08. The molecule has 13 heteroatoms. The van der Waals surface area contributed by atoms with Gasteiger partial charge in [-0.1, -0.05) is 0 Å². The van der Waals surface area contributed by atoms with Crippen LogP contribution in [-0.2, 0) is 38.2 Å². The van der Waals surface area contributed by atoms with Crippen molar-refractivity contribution in [2.75, 3.05) is 33.1 Å². The number of rotatable bonds is 12. The Morgan fingerprint density at radius 1 is 1.29 bits per heavy atom. The lowest BCUT2D eigenvalue weighted by molar-refractivity contribution is -0.143. The summed E-state index contributed by atoms with van der Waals surface area (Å²) >= 11 is 1.05. The second kappa shape index (κ2) is 12.9. The summed E-state index contributed by atoms with van der Waals surface area (Å²) in [5, 5.41) is 4.21. The maximum absolute atomic E-state index is 12.5. The molecule has 1 fully saturated rings. The minimum atomic E-state index is -1.09. The summed E-state index contributed by atoms with van der Waals surface area (Å²) in [5.41, 5.74) is 5.60. The van der Waals surface area contributed by atoms with Crippen LogP contribution in [0.25, 0.3) is 0 Å². The second-order valence-electron chi connectivity index (χ2n) is 6.63. The Hall–Kier alpha value is -2.67. The van der Waals surface area contributed by atoms with E-state index in [9.17, 15) is 28.8 Å². The molecule has 0 radical (unpaired) electrons. The van der Waals surface area contributed by atoms with Crippen LogP contribution in [0, 0.1) is 0 Å². The van der Waals surface area contributed by atoms with Gasteiger partial charge in [-0.2, -0.15) is 0 Å². The lowest BCUT2D eigenvalue weighted by Crippen LogP contribution is -2.50. The number of ether oxygens (including phenoxy) is 2. The number of thioether (sulfide) groups is 1. The number of carbonyl (C=O) groups excluding carboxylic acids is 6. The fourth-order valence-electron chi connectivity index (χ4n) is 2.56. The van der Waals surface area contributed by atoms with Gasteiger partial charge in [-0.15, -0.1) is 11.8 Å². The van der Waals surface area contributed by atoms with Crippen LogP contribution < -0.4 is 16.4 Å². The fraction of sp³-hybridized carbons (Fsp3) is 0.667. The number of methoxy groups -OCH3 is 1. The van der Waals surface area contributed by atoms with Crippen LogP contribution in [0.1, 0.15) is 26.2 Å². The normalized spacial score (nSPS) is 17.7. The van der Waals surface area contributed by atoms with E-state index in [2.05, 4.69) is 15.4 Å². The first-order chi connectivity index (χ1) is 14.6. The molecule has 12 nitrogen and oxygen atoms in total. The van der Waals surface area contributed by atoms with Gasteiger partial charge in [0.2, 0.25) is 23.6 Å². The number of likely N-dealkylation sites (tertiary alicyclic amines) is 1. The molecule has 0 bridgehead atoms. The van der Waals surface area contributed by atoms with Gasteiger partial charge in [-0.25, -0.2) is 0 Å². The van der Waals surface area contributed by atoms with Crippen molar-refractivity contribution < 1.29 is 38.2 Å². The number of hydrogen-bond acceptors (Lipinski definition) is 10. The third kappa shape index (κ3) is 8.53. The molecule has 4 N–H and O–H groups in total. The molecule has 1 saturated heterocycles. The molecule has 0 aromatic rings. The van der Waals surface area contributed by atoms with Gasteiger partial charge in [0.15, 0.2) is 0 Å². The maximum atomic E-state index is 12.5. The molecule has 1 aliphatic heterocycles. The van der Waals surface area contributed by atoms with E-state index in [0.29, 0.717) is 0 Å². The molecular formula is C18H28N4O8S. The highest BCUT2D eigenvalue weighted by Gasteiger charge is 2.37. The number of nitrogens with zero attached hydrogens (tertiary/aromatic N) is 1. The van der Waals surface area contributed by atoms with E-state index < -0.39 is 41.1 Å². The largest absolute Gasteiger partial charge is 0.468 e. The molecule has 174 valence electrons. The van der Waals surface area contributed by atoms with Gasteiger partial charge in [0, 0.05) is 25.6 Å². The number of nitrogens with one attached hydrogen (secondary N) is 2. The summed E-state index contributed by atoms with van der Waals surface area (Å²) in [6, 6.07) is -2.08. The minimum absolute atomic E-state index is 0.000899. The van der Waals surface area contributed by atoms with Crippen molar-refractivity contribution in [3.8, 4) is 0 Å². The van der Waals surface area contributed by atoms with E-state index in [1.807, 2.05) is 0 Å². The van der Waals surface area contributed by atoms with Crippen molar-refractivity contribution >= 4 is 47.3 Å². The molecule has 3 atom stereocenters. The SMILES string of the molecule is CCOC(=O)CNC(=O)[C@H](CSC1CC(=O)N(C)C1=O)NC(=O)CC[C@H](N)C(=O)OC. The minimum Gasteiger partial charge on any atom is -0.468 e. The van der Waals surface area contributed by atoms with Crippen molar-refractivity contribution in [1.29, 1.82) is 0 Å². The Morgan fingerprint density at radius 3 is 2.52 bits per heavy atom. The first-order valence-electron chi connectivity index (χ1n) is 9.58. The molecular weight excluding hydrogens is 432 g/mol. The first-order valence-corrected chi connectivity index (χ1v) is 10.6. The van der Waals surface area contributed by atoms with Gasteiger partial charge in [-0.05, 0) is 13.3 Å². The van der Waals surface area contributed by atoms with Crippen molar-refractivity contribution in [3.63, 3.8) is 0 Å². The molecule has 0 aromatic carbocycles. The first kappa shape index (κ1) is 26.4. The summed E-state index contributed by atoms with van der Waals surface area (Å²) < 4.78 is 9.23. The topological polar surface area (TPSA) is 174 Å². The summed E-state index contributed by atoms with van der Waals surface area (Å²) in [4.78, 5) is 72.3. The highest BCUT2D eigenvalue weighted by atomic mass is 32.2. The number of amides is 4. The third-order valence-corrected chi connectivity index (χ3v) is 5.65. The molecule has 0 aliphatic carbocycles. The van der Waals surface area contributed by atoms with Gasteiger partial charge in [0.1, 0.15) is 18.6 Å². The second-order valence-corrected chi connectivity index (χ2v) is 7.86. The third-order valence-electron chi connectivity index (χ3n) is 4.35. The van der Waals surface area contributed by atoms with Crippen LogP contribution in [0.15, 0.2) is 0 Å². The van der Waals surface area contributed by atoms with Gasteiger partial charge in [0.25, 0.3) is 0 Å². The predicted molar refractivity (Wildman–Crippen MR) is 109 cm³/mol. The van der Waals surface area contributed by atoms with Crippen LogP contribution in [0.3, 0.4) is 0 Å². The Balaban J connectivity index is 2.70. The average Bonchev–Trinajstić information content (AvgIpc) is 2.99. The van der Waals surface area contributed by atoms with Crippen LogP contribution in [-0.4, -0.2) is 90.9 Å². The zero-order valence-electron chi connectivity index (χ0n) is 17.7. The zero-order valence-corrected chi connectivity index (χ0v) is 18.5. The Bertz CT molecular complexity index is 717. The lowest BCUT2D eigenvalue weighted by Gasteiger charge is -2.19. The molecule has 0 saturated carbocycles. The van der Waals surface area contributed by atoms with Crippen molar-refractivity contribution in [2.24, 2.45) is 5.73 Å². The van der Waals surface area contributed by atoms with E-state index in [-0.39, 0.29) is 50.0 Å². The molecule has 1 aliphatic rings. The standard InChI is InChI=1S/C18H28N4O8S/c1-4-30-15(25)8-20-16(26)11(9-31-12-7-14(24)22(2)17(12)27)21-13(23)6-5-10(19)18(28)29-3/h10-12H,4-9,19H2,1-3H3,(H,20,26)(H,21,23)/t10-,11-,12?/m0/s1. The monoisotopic (exact) mass is 460 g/mol. The van der Waals surface area contributed by atoms with Crippen LogP contribution >= 0.6 is 11.8 Å². The highest BCUT2D eigenvalue weighted by Crippen LogP contribution is 2.24. The van der Waals surface area contributed by atoms with Crippen molar-refractivity contribution in [3.05, 3.63) is 0 Å².